The molecule has 21 heavy (non-hydrogen) atoms. The Morgan fingerprint density at radius 1 is 1.14 bits per heavy atom. The van der Waals surface area contributed by atoms with Crippen LogP contribution in [0.25, 0.3) is 0 Å². The lowest BCUT2D eigenvalue weighted by Gasteiger charge is -2.22. The molecule has 0 aliphatic heterocycles. The lowest BCUT2D eigenvalue weighted by molar-refractivity contribution is 0.204. The van der Waals surface area contributed by atoms with Crippen LogP contribution in [0.5, 0.6) is 5.75 Å². The normalized spacial score (nSPS) is 13.5. The van der Waals surface area contributed by atoms with Crippen molar-refractivity contribution in [2.24, 2.45) is 0 Å². The van der Waals surface area contributed by atoms with Crippen LogP contribution in [0.3, 0.4) is 0 Å². The molecular formula is C19H33NO. The van der Waals surface area contributed by atoms with Crippen molar-refractivity contribution in [2.45, 2.75) is 78.9 Å². The second-order valence-corrected chi connectivity index (χ2v) is 7.43. The number of benzene rings is 1. The molecule has 1 N–H and O–H groups in total. The molecule has 0 aromatic heterocycles. The highest BCUT2D eigenvalue weighted by Gasteiger charge is 2.11. The summed E-state index contributed by atoms with van der Waals surface area (Å²) in [5, 5.41) is 3.52. The minimum atomic E-state index is 0.201. The molecule has 0 amide bonds. The molecule has 0 spiro atoms. The van der Waals surface area contributed by atoms with Crippen LogP contribution in [-0.4, -0.2) is 18.2 Å². The van der Waals surface area contributed by atoms with E-state index < -0.39 is 0 Å². The molecule has 0 radical (unpaired) electrons. The average Bonchev–Trinajstić information content (AvgIpc) is 2.36. The molecule has 120 valence electrons. The molecule has 1 atom stereocenters. The minimum absolute atomic E-state index is 0.201. The highest BCUT2D eigenvalue weighted by Crippen LogP contribution is 2.25. The van der Waals surface area contributed by atoms with Crippen molar-refractivity contribution >= 4 is 0 Å². The number of nitrogens with one attached hydrogen (secondary N) is 1. The predicted octanol–water partition coefficient (Wildman–Crippen LogP) is 5.05. The second kappa shape index (κ2) is 7.84. The maximum atomic E-state index is 6.14. The van der Waals surface area contributed by atoms with E-state index in [1.807, 2.05) is 0 Å². The third-order valence-electron chi connectivity index (χ3n) is 3.65. The Kier molecular flexibility index (Phi) is 6.73. The summed E-state index contributed by atoms with van der Waals surface area (Å²) in [5.41, 5.74) is 2.77. The maximum Gasteiger partial charge on any atom is 0.122 e. The van der Waals surface area contributed by atoms with E-state index in [0.717, 1.165) is 25.1 Å². The van der Waals surface area contributed by atoms with Gasteiger partial charge in [0.05, 0.1) is 6.10 Å². The van der Waals surface area contributed by atoms with Crippen LogP contribution in [0.1, 0.15) is 71.4 Å². The summed E-state index contributed by atoms with van der Waals surface area (Å²) >= 11 is 0. The highest BCUT2D eigenvalue weighted by molar-refractivity contribution is 5.37. The molecule has 1 unspecified atom stereocenters. The van der Waals surface area contributed by atoms with Crippen molar-refractivity contribution in [2.75, 3.05) is 6.54 Å². The van der Waals surface area contributed by atoms with E-state index in [1.165, 1.54) is 11.1 Å². The quantitative estimate of drug-likeness (QED) is 0.709. The fraction of sp³-hybridized carbons (Fsp3) is 0.684. The van der Waals surface area contributed by atoms with Crippen molar-refractivity contribution < 1.29 is 4.74 Å². The Labute approximate surface area is 131 Å². The van der Waals surface area contributed by atoms with Gasteiger partial charge in [0.1, 0.15) is 5.75 Å². The van der Waals surface area contributed by atoms with Gasteiger partial charge in [0.15, 0.2) is 0 Å². The van der Waals surface area contributed by atoms with Gasteiger partial charge in [0, 0.05) is 5.54 Å². The third kappa shape index (κ3) is 6.99. The summed E-state index contributed by atoms with van der Waals surface area (Å²) in [7, 11) is 0. The van der Waals surface area contributed by atoms with Gasteiger partial charge in [-0.15, -0.1) is 0 Å². The molecule has 0 aliphatic carbocycles. The van der Waals surface area contributed by atoms with E-state index >= 15 is 0 Å². The van der Waals surface area contributed by atoms with Gasteiger partial charge in [0.2, 0.25) is 0 Å². The van der Waals surface area contributed by atoms with Crippen molar-refractivity contribution in [1.29, 1.82) is 0 Å². The lowest BCUT2D eigenvalue weighted by Crippen LogP contribution is -2.36. The number of hydrogen-bond acceptors (Lipinski definition) is 2. The van der Waals surface area contributed by atoms with Gasteiger partial charge in [0.25, 0.3) is 0 Å². The van der Waals surface area contributed by atoms with Crippen LogP contribution < -0.4 is 10.1 Å². The summed E-state index contributed by atoms with van der Waals surface area (Å²) < 4.78 is 6.14. The average molecular weight is 291 g/mol. The van der Waals surface area contributed by atoms with Gasteiger partial charge in [-0.05, 0) is 77.1 Å². The fourth-order valence-electron chi connectivity index (χ4n) is 2.23. The monoisotopic (exact) mass is 291 g/mol. The molecule has 2 heteroatoms. The zero-order valence-electron chi connectivity index (χ0n) is 14.9. The topological polar surface area (TPSA) is 21.3 Å². The summed E-state index contributed by atoms with van der Waals surface area (Å²) in [5.74, 6) is 1.58. The van der Waals surface area contributed by atoms with Crippen molar-refractivity contribution in [3.63, 3.8) is 0 Å². The molecule has 0 bridgehead atoms. The molecule has 2 nitrogen and oxygen atoms in total. The van der Waals surface area contributed by atoms with Crippen LogP contribution in [0, 0.1) is 6.92 Å². The molecule has 0 fully saturated rings. The van der Waals surface area contributed by atoms with Gasteiger partial charge in [-0.25, -0.2) is 0 Å². The Morgan fingerprint density at radius 3 is 2.38 bits per heavy atom. The summed E-state index contributed by atoms with van der Waals surface area (Å²) in [6.07, 6.45) is 2.48. The van der Waals surface area contributed by atoms with E-state index in [9.17, 15) is 0 Å². The van der Waals surface area contributed by atoms with Gasteiger partial charge < -0.3 is 10.1 Å². The van der Waals surface area contributed by atoms with E-state index in [-0.39, 0.29) is 11.6 Å². The van der Waals surface area contributed by atoms with Crippen molar-refractivity contribution in [1.82, 2.24) is 5.32 Å². The third-order valence-corrected chi connectivity index (χ3v) is 3.65. The molecule has 1 aromatic carbocycles. The molecule has 1 aromatic rings. The molecular weight excluding hydrogens is 258 g/mol. The van der Waals surface area contributed by atoms with E-state index in [2.05, 4.69) is 72.0 Å². The highest BCUT2D eigenvalue weighted by atomic mass is 16.5. The first-order chi connectivity index (χ1) is 9.69. The van der Waals surface area contributed by atoms with Crippen LogP contribution in [0.2, 0.25) is 0 Å². The maximum absolute atomic E-state index is 6.14. The van der Waals surface area contributed by atoms with E-state index in [4.69, 9.17) is 4.74 Å². The van der Waals surface area contributed by atoms with Crippen LogP contribution in [0.4, 0.5) is 0 Å². The largest absolute Gasteiger partial charge is 0.490 e. The van der Waals surface area contributed by atoms with E-state index in [1.54, 1.807) is 0 Å². The number of aryl methyl sites for hydroxylation is 1. The Morgan fingerprint density at radius 2 is 1.81 bits per heavy atom. The first kappa shape index (κ1) is 18.0. The lowest BCUT2D eigenvalue weighted by atomic mass is 10.0. The molecule has 0 aliphatic rings. The molecule has 1 rings (SSSR count). The summed E-state index contributed by atoms with van der Waals surface area (Å²) in [4.78, 5) is 0. The number of hydrogen-bond donors (Lipinski definition) is 1. The smallest absolute Gasteiger partial charge is 0.122 e. The van der Waals surface area contributed by atoms with Crippen LogP contribution in [-0.2, 0) is 0 Å². The van der Waals surface area contributed by atoms with Gasteiger partial charge in [-0.3, -0.25) is 0 Å². The minimum Gasteiger partial charge on any atom is -0.490 e. The Hall–Kier alpha value is -1.02. The summed E-state index contributed by atoms with van der Waals surface area (Å²) in [6, 6.07) is 6.56. The predicted molar refractivity (Wildman–Crippen MR) is 92.3 cm³/mol. The zero-order chi connectivity index (χ0) is 16.0. The van der Waals surface area contributed by atoms with Crippen LogP contribution >= 0.6 is 0 Å². The van der Waals surface area contributed by atoms with Crippen LogP contribution in [0.15, 0.2) is 18.2 Å². The van der Waals surface area contributed by atoms with Crippen molar-refractivity contribution in [3.8, 4) is 5.75 Å². The standard InChI is InChI=1S/C19H33NO/c1-14(2)17-11-10-15(3)18(13-17)21-16(4)9-8-12-20-19(5,6)7/h10-11,13-14,16,20H,8-9,12H2,1-7H3. The molecule has 0 saturated heterocycles. The second-order valence-electron chi connectivity index (χ2n) is 7.43. The zero-order valence-corrected chi connectivity index (χ0v) is 14.9. The van der Waals surface area contributed by atoms with E-state index in [0.29, 0.717) is 5.92 Å². The first-order valence-electron chi connectivity index (χ1n) is 8.21. The molecule has 0 heterocycles. The fourth-order valence-corrected chi connectivity index (χ4v) is 2.23. The van der Waals surface area contributed by atoms with Gasteiger partial charge in [-0.1, -0.05) is 26.0 Å². The Bertz CT molecular complexity index is 432. The SMILES string of the molecule is Cc1ccc(C(C)C)cc1OC(C)CCCNC(C)(C)C. The number of ether oxygens (including phenoxy) is 1. The number of rotatable bonds is 7. The van der Waals surface area contributed by atoms with Gasteiger partial charge >= 0.3 is 0 Å². The van der Waals surface area contributed by atoms with Gasteiger partial charge in [-0.2, -0.15) is 0 Å². The Balaban J connectivity index is 2.47. The first-order valence-corrected chi connectivity index (χ1v) is 8.21. The molecule has 0 saturated carbocycles. The summed E-state index contributed by atoms with van der Waals surface area (Å²) in [6.45, 7) is 16.4. The van der Waals surface area contributed by atoms with Crippen molar-refractivity contribution in [3.05, 3.63) is 29.3 Å².